The fourth-order valence-corrected chi connectivity index (χ4v) is 4.49. The van der Waals surface area contributed by atoms with Gasteiger partial charge in [-0.15, -0.1) is 0 Å². The number of rotatable bonds is 5. The molecule has 0 saturated carbocycles. The highest BCUT2D eigenvalue weighted by Crippen LogP contribution is 2.37. The van der Waals surface area contributed by atoms with Gasteiger partial charge in [0.05, 0.1) is 22.4 Å². The molecule has 0 unspecified atom stereocenters. The normalized spacial score (nSPS) is 16.0. The van der Waals surface area contributed by atoms with Gasteiger partial charge in [-0.2, -0.15) is 5.26 Å². The molecule has 31 heavy (non-hydrogen) atoms. The number of thioether (sulfide) groups is 1. The summed E-state index contributed by atoms with van der Waals surface area (Å²) in [5, 5.41) is 17.5. The summed E-state index contributed by atoms with van der Waals surface area (Å²) in [6.07, 6.45) is -0.0178. The Bertz CT molecular complexity index is 1240. The topological polar surface area (TPSA) is 82.0 Å². The highest BCUT2D eigenvalue weighted by Gasteiger charge is 2.31. The lowest BCUT2D eigenvalue weighted by atomic mass is 9.87. The number of amides is 2. The summed E-state index contributed by atoms with van der Waals surface area (Å²) in [6.45, 7) is 0. The molecule has 0 radical (unpaired) electrons. The van der Waals surface area contributed by atoms with Gasteiger partial charge < -0.3 is 10.6 Å². The maximum Gasteiger partial charge on any atom is 0.234 e. The van der Waals surface area contributed by atoms with Gasteiger partial charge in [-0.25, -0.2) is 4.39 Å². The van der Waals surface area contributed by atoms with E-state index in [9.17, 15) is 19.2 Å². The SMILES string of the molecule is N#CC1=C(SCC(=O)Nc2cccc3ccccc23)NC(=O)C[C@@H]1c1ccccc1F. The van der Waals surface area contributed by atoms with Crippen molar-refractivity contribution < 1.29 is 14.0 Å². The predicted molar refractivity (Wildman–Crippen MR) is 120 cm³/mol. The summed E-state index contributed by atoms with van der Waals surface area (Å²) < 4.78 is 14.3. The smallest absolute Gasteiger partial charge is 0.234 e. The first-order chi connectivity index (χ1) is 15.1. The number of hydrogen-bond donors (Lipinski definition) is 2. The average molecular weight is 431 g/mol. The quantitative estimate of drug-likeness (QED) is 0.614. The molecule has 4 rings (SSSR count). The summed E-state index contributed by atoms with van der Waals surface area (Å²) in [5.74, 6) is -1.73. The Morgan fingerprint density at radius 2 is 1.87 bits per heavy atom. The number of carbonyl (C=O) groups excluding carboxylic acids is 2. The van der Waals surface area contributed by atoms with Gasteiger partial charge in [0.2, 0.25) is 11.8 Å². The molecule has 154 valence electrons. The number of anilines is 1. The number of nitrogens with zero attached hydrogens (tertiary/aromatic N) is 1. The molecule has 0 fully saturated rings. The van der Waals surface area contributed by atoms with Crippen molar-refractivity contribution in [3.8, 4) is 6.07 Å². The van der Waals surface area contributed by atoms with Crippen LogP contribution >= 0.6 is 11.8 Å². The lowest BCUT2D eigenvalue weighted by molar-refractivity contribution is -0.121. The number of carbonyl (C=O) groups is 2. The number of nitriles is 1. The van der Waals surface area contributed by atoms with Crippen LogP contribution in [0.1, 0.15) is 17.9 Å². The molecule has 2 amide bonds. The fourth-order valence-electron chi connectivity index (χ4n) is 3.61. The van der Waals surface area contributed by atoms with Crippen LogP contribution in [0.3, 0.4) is 0 Å². The third-order valence-corrected chi connectivity index (χ3v) is 6.07. The van der Waals surface area contributed by atoms with E-state index in [1.165, 1.54) is 6.07 Å². The molecule has 0 aliphatic carbocycles. The number of halogens is 1. The molecular weight excluding hydrogens is 413 g/mol. The largest absolute Gasteiger partial charge is 0.325 e. The summed E-state index contributed by atoms with van der Waals surface area (Å²) >= 11 is 1.06. The minimum atomic E-state index is -0.677. The first-order valence-electron chi connectivity index (χ1n) is 9.66. The van der Waals surface area contributed by atoms with Crippen molar-refractivity contribution in [1.82, 2.24) is 5.32 Å². The van der Waals surface area contributed by atoms with E-state index in [0.717, 1.165) is 22.5 Å². The van der Waals surface area contributed by atoms with E-state index in [4.69, 9.17) is 0 Å². The molecular formula is C24H18FN3O2S. The van der Waals surface area contributed by atoms with Crippen molar-refractivity contribution in [2.24, 2.45) is 0 Å². The molecule has 3 aromatic rings. The lowest BCUT2D eigenvalue weighted by Crippen LogP contribution is -2.31. The van der Waals surface area contributed by atoms with Crippen molar-refractivity contribution in [1.29, 1.82) is 5.26 Å². The second-order valence-electron chi connectivity index (χ2n) is 7.04. The van der Waals surface area contributed by atoms with Crippen LogP contribution < -0.4 is 10.6 Å². The summed E-state index contributed by atoms with van der Waals surface area (Å²) in [7, 11) is 0. The standard InChI is InChI=1S/C24H18FN3O2S/c25-20-10-4-3-9-17(20)18-12-22(29)28-24(19(18)13-26)31-14-23(30)27-21-11-5-7-15-6-1-2-8-16(15)21/h1-11,18H,12,14H2,(H,27,30)(H,28,29)/t18-/m1/s1. The van der Waals surface area contributed by atoms with Crippen LogP contribution in [-0.2, 0) is 9.59 Å². The molecule has 1 aliphatic heterocycles. The maximum absolute atomic E-state index is 14.3. The van der Waals surface area contributed by atoms with Crippen molar-refractivity contribution in [2.45, 2.75) is 12.3 Å². The van der Waals surface area contributed by atoms with Crippen molar-refractivity contribution in [2.75, 3.05) is 11.1 Å². The fraction of sp³-hybridized carbons (Fsp3) is 0.125. The molecule has 1 aliphatic rings. The summed E-state index contributed by atoms with van der Waals surface area (Å²) in [4.78, 5) is 24.8. The molecule has 1 heterocycles. The lowest BCUT2D eigenvalue weighted by Gasteiger charge is -2.25. The predicted octanol–water partition coefficient (Wildman–Crippen LogP) is 4.69. The molecule has 0 saturated heterocycles. The van der Waals surface area contributed by atoms with Crippen LogP contribution in [0.15, 0.2) is 77.3 Å². The zero-order valence-electron chi connectivity index (χ0n) is 16.4. The maximum atomic E-state index is 14.3. The number of hydrogen-bond acceptors (Lipinski definition) is 4. The Morgan fingerprint density at radius 1 is 1.13 bits per heavy atom. The van der Waals surface area contributed by atoms with Gasteiger partial charge in [0, 0.05) is 23.4 Å². The Balaban J connectivity index is 1.53. The third kappa shape index (κ3) is 4.44. The second kappa shape index (κ2) is 9.02. The van der Waals surface area contributed by atoms with Gasteiger partial charge in [0.25, 0.3) is 0 Å². The Morgan fingerprint density at radius 3 is 2.68 bits per heavy atom. The summed E-state index contributed by atoms with van der Waals surface area (Å²) in [6, 6.07) is 21.6. The minimum Gasteiger partial charge on any atom is -0.325 e. The average Bonchev–Trinajstić information content (AvgIpc) is 2.78. The van der Waals surface area contributed by atoms with E-state index in [1.807, 2.05) is 42.5 Å². The van der Waals surface area contributed by atoms with E-state index in [1.54, 1.807) is 18.2 Å². The zero-order chi connectivity index (χ0) is 21.8. The molecule has 2 N–H and O–H groups in total. The second-order valence-corrected chi connectivity index (χ2v) is 8.03. The van der Waals surface area contributed by atoms with Crippen LogP contribution in [0.25, 0.3) is 10.8 Å². The van der Waals surface area contributed by atoms with Crippen LogP contribution in [0.5, 0.6) is 0 Å². The van der Waals surface area contributed by atoms with Gasteiger partial charge in [-0.3, -0.25) is 9.59 Å². The summed E-state index contributed by atoms with van der Waals surface area (Å²) in [5.41, 5.74) is 1.25. The Kier molecular flexibility index (Phi) is 6.01. The van der Waals surface area contributed by atoms with Gasteiger partial charge >= 0.3 is 0 Å². The first-order valence-corrected chi connectivity index (χ1v) is 10.6. The highest BCUT2D eigenvalue weighted by atomic mass is 32.2. The third-order valence-electron chi connectivity index (χ3n) is 5.05. The van der Waals surface area contributed by atoms with Gasteiger partial charge in [-0.05, 0) is 23.1 Å². The van der Waals surface area contributed by atoms with Crippen LogP contribution in [0.4, 0.5) is 10.1 Å². The van der Waals surface area contributed by atoms with E-state index in [0.29, 0.717) is 16.3 Å². The van der Waals surface area contributed by atoms with Gasteiger partial charge in [0.1, 0.15) is 5.82 Å². The molecule has 1 atom stereocenters. The Labute approximate surface area is 182 Å². The molecule has 7 heteroatoms. The number of nitrogens with one attached hydrogen (secondary N) is 2. The number of fused-ring (bicyclic) bond motifs is 1. The molecule has 0 spiro atoms. The number of allylic oxidation sites excluding steroid dienone is 1. The Hall–Kier alpha value is -3.63. The van der Waals surface area contributed by atoms with E-state index in [2.05, 4.69) is 16.7 Å². The minimum absolute atomic E-state index is 0.00595. The van der Waals surface area contributed by atoms with Crippen molar-refractivity contribution in [3.05, 3.63) is 88.7 Å². The number of benzene rings is 3. The van der Waals surface area contributed by atoms with Crippen LogP contribution in [-0.4, -0.2) is 17.6 Å². The van der Waals surface area contributed by atoms with Crippen molar-refractivity contribution >= 4 is 40.0 Å². The monoisotopic (exact) mass is 431 g/mol. The molecule has 3 aromatic carbocycles. The van der Waals surface area contributed by atoms with Gasteiger partial charge in [-0.1, -0.05) is 66.4 Å². The first kappa shape index (κ1) is 20.6. The van der Waals surface area contributed by atoms with Crippen molar-refractivity contribution in [3.63, 3.8) is 0 Å². The van der Waals surface area contributed by atoms with E-state index >= 15 is 0 Å². The van der Waals surface area contributed by atoms with Crippen LogP contribution in [0.2, 0.25) is 0 Å². The molecule has 0 bridgehead atoms. The highest BCUT2D eigenvalue weighted by molar-refractivity contribution is 8.03. The van der Waals surface area contributed by atoms with E-state index in [-0.39, 0.29) is 29.6 Å². The van der Waals surface area contributed by atoms with Crippen LogP contribution in [0, 0.1) is 17.1 Å². The van der Waals surface area contributed by atoms with Gasteiger partial charge in [0.15, 0.2) is 0 Å². The molecule has 5 nitrogen and oxygen atoms in total. The van der Waals surface area contributed by atoms with E-state index < -0.39 is 11.7 Å². The molecule has 0 aromatic heterocycles. The zero-order valence-corrected chi connectivity index (χ0v) is 17.2.